The van der Waals surface area contributed by atoms with Crippen LogP contribution in [0, 0.1) is 6.92 Å². The van der Waals surface area contributed by atoms with Crippen molar-refractivity contribution in [3.05, 3.63) is 50.8 Å². The Morgan fingerprint density at radius 2 is 2.05 bits per heavy atom. The first kappa shape index (κ1) is 14.5. The highest BCUT2D eigenvalue weighted by Gasteiger charge is 2.11. The lowest BCUT2D eigenvalue weighted by molar-refractivity contribution is 0.788. The molecule has 0 spiro atoms. The van der Waals surface area contributed by atoms with Gasteiger partial charge in [0.2, 0.25) is 0 Å². The van der Waals surface area contributed by atoms with Crippen LogP contribution in [0.5, 0.6) is 0 Å². The third kappa shape index (κ3) is 3.76. The van der Waals surface area contributed by atoms with Gasteiger partial charge < -0.3 is 4.90 Å². The number of pyridine rings is 2. The number of aromatic nitrogens is 2. The van der Waals surface area contributed by atoms with Crippen LogP contribution in [0.4, 0.5) is 5.82 Å². The number of nitrogens with zero attached hydrogens (tertiary/aromatic N) is 3. The first-order valence-corrected chi connectivity index (χ1v) is 7.67. The van der Waals surface area contributed by atoms with Gasteiger partial charge in [-0.1, -0.05) is 6.07 Å². The topological polar surface area (TPSA) is 29.0 Å². The summed E-state index contributed by atoms with van der Waals surface area (Å²) in [6.07, 6.45) is 1.81. The summed E-state index contributed by atoms with van der Waals surface area (Å²) >= 11 is 6.98. The van der Waals surface area contributed by atoms with Crippen LogP contribution in [0.3, 0.4) is 0 Å². The second-order valence-corrected chi connectivity index (χ2v) is 6.01. The molecule has 5 heteroatoms. The van der Waals surface area contributed by atoms with Crippen molar-refractivity contribution in [1.29, 1.82) is 0 Å². The fraction of sp³-hybridized carbons (Fsp3) is 0.286. The molecule has 0 unspecified atom stereocenters. The van der Waals surface area contributed by atoms with Crippen LogP contribution < -0.4 is 4.90 Å². The molecular formula is C14H15Br2N3. The van der Waals surface area contributed by atoms with Crippen LogP contribution in [-0.4, -0.2) is 16.5 Å². The molecular weight excluding hydrogens is 370 g/mol. The molecule has 0 radical (unpaired) electrons. The summed E-state index contributed by atoms with van der Waals surface area (Å²) < 4.78 is 1.95. The van der Waals surface area contributed by atoms with Gasteiger partial charge >= 0.3 is 0 Å². The number of rotatable bonds is 4. The number of hydrogen-bond acceptors (Lipinski definition) is 3. The summed E-state index contributed by atoms with van der Waals surface area (Å²) in [5, 5.41) is 0. The standard InChI is InChI=1S/C14H15Br2N3/c1-3-19(9-12-6-4-5-10(2)18-12)14-13(16)7-11(15)8-17-14/h4-8H,3,9H2,1-2H3. The fourth-order valence-corrected chi connectivity index (χ4v) is 3.10. The number of aryl methyl sites for hydroxylation is 1. The van der Waals surface area contributed by atoms with Crippen molar-refractivity contribution < 1.29 is 0 Å². The Morgan fingerprint density at radius 3 is 2.68 bits per heavy atom. The minimum Gasteiger partial charge on any atom is -0.350 e. The molecule has 0 aromatic carbocycles. The maximum Gasteiger partial charge on any atom is 0.143 e. The van der Waals surface area contributed by atoms with Crippen molar-refractivity contribution in [2.75, 3.05) is 11.4 Å². The molecule has 0 bridgehead atoms. The zero-order valence-corrected chi connectivity index (χ0v) is 14.1. The molecule has 0 saturated heterocycles. The van der Waals surface area contributed by atoms with Gasteiger partial charge in [-0.2, -0.15) is 0 Å². The van der Waals surface area contributed by atoms with Gasteiger partial charge in [0.1, 0.15) is 5.82 Å². The van der Waals surface area contributed by atoms with Crippen molar-refractivity contribution in [1.82, 2.24) is 9.97 Å². The fourth-order valence-electron chi connectivity index (χ4n) is 1.86. The van der Waals surface area contributed by atoms with Crippen molar-refractivity contribution in [2.24, 2.45) is 0 Å². The second-order valence-electron chi connectivity index (χ2n) is 4.24. The Labute approximate surface area is 130 Å². The monoisotopic (exact) mass is 383 g/mol. The van der Waals surface area contributed by atoms with Crippen molar-refractivity contribution in [3.63, 3.8) is 0 Å². The molecule has 0 saturated carbocycles. The van der Waals surface area contributed by atoms with Crippen LogP contribution in [-0.2, 0) is 6.54 Å². The first-order chi connectivity index (χ1) is 9.10. The Balaban J connectivity index is 2.25. The number of halogens is 2. The normalized spacial score (nSPS) is 10.5. The van der Waals surface area contributed by atoms with E-state index in [1.54, 1.807) is 0 Å². The van der Waals surface area contributed by atoms with Gasteiger partial charge in [-0.25, -0.2) is 4.98 Å². The van der Waals surface area contributed by atoms with E-state index < -0.39 is 0 Å². The summed E-state index contributed by atoms with van der Waals surface area (Å²) in [4.78, 5) is 11.2. The molecule has 2 aromatic heterocycles. The summed E-state index contributed by atoms with van der Waals surface area (Å²) in [6.45, 7) is 5.76. The van der Waals surface area contributed by atoms with Crippen LogP contribution in [0.2, 0.25) is 0 Å². The van der Waals surface area contributed by atoms with Crippen molar-refractivity contribution in [3.8, 4) is 0 Å². The van der Waals surface area contributed by atoms with Gasteiger partial charge in [-0.05, 0) is 63.9 Å². The largest absolute Gasteiger partial charge is 0.350 e. The molecule has 0 aliphatic rings. The van der Waals surface area contributed by atoms with E-state index in [1.165, 1.54) is 0 Å². The maximum atomic E-state index is 4.54. The lowest BCUT2D eigenvalue weighted by Crippen LogP contribution is -2.24. The zero-order chi connectivity index (χ0) is 13.8. The molecule has 2 rings (SSSR count). The van der Waals surface area contributed by atoms with E-state index in [0.717, 1.165) is 39.2 Å². The van der Waals surface area contributed by atoms with E-state index in [0.29, 0.717) is 0 Å². The van der Waals surface area contributed by atoms with Crippen molar-refractivity contribution >= 4 is 37.7 Å². The highest BCUT2D eigenvalue weighted by atomic mass is 79.9. The highest BCUT2D eigenvalue weighted by molar-refractivity contribution is 9.11. The van der Waals surface area contributed by atoms with E-state index in [-0.39, 0.29) is 0 Å². The van der Waals surface area contributed by atoms with E-state index in [2.05, 4.69) is 53.7 Å². The van der Waals surface area contributed by atoms with Gasteiger partial charge in [-0.15, -0.1) is 0 Å². The lowest BCUT2D eigenvalue weighted by atomic mass is 10.3. The SMILES string of the molecule is CCN(Cc1cccc(C)n1)c1ncc(Br)cc1Br. The first-order valence-electron chi connectivity index (χ1n) is 6.08. The minimum atomic E-state index is 0.755. The third-order valence-electron chi connectivity index (χ3n) is 2.77. The smallest absolute Gasteiger partial charge is 0.143 e. The number of anilines is 1. The predicted octanol–water partition coefficient (Wildman–Crippen LogP) is 4.34. The van der Waals surface area contributed by atoms with E-state index >= 15 is 0 Å². The number of hydrogen-bond donors (Lipinski definition) is 0. The van der Waals surface area contributed by atoms with Gasteiger partial charge in [0, 0.05) is 22.9 Å². The maximum absolute atomic E-state index is 4.54. The van der Waals surface area contributed by atoms with Crippen LogP contribution in [0.15, 0.2) is 39.4 Å². The summed E-state index contributed by atoms with van der Waals surface area (Å²) in [5.41, 5.74) is 2.09. The van der Waals surface area contributed by atoms with Crippen LogP contribution in [0.25, 0.3) is 0 Å². The second kappa shape index (κ2) is 6.48. The predicted molar refractivity (Wildman–Crippen MR) is 85.3 cm³/mol. The summed E-state index contributed by atoms with van der Waals surface area (Å²) in [5.74, 6) is 0.939. The molecule has 3 nitrogen and oxygen atoms in total. The lowest BCUT2D eigenvalue weighted by Gasteiger charge is -2.22. The molecule has 0 aliphatic heterocycles. The highest BCUT2D eigenvalue weighted by Crippen LogP contribution is 2.27. The average molecular weight is 385 g/mol. The average Bonchev–Trinajstić information content (AvgIpc) is 2.37. The van der Waals surface area contributed by atoms with Crippen LogP contribution >= 0.6 is 31.9 Å². The molecule has 0 N–H and O–H groups in total. The Hall–Kier alpha value is -0.940. The minimum absolute atomic E-state index is 0.755. The van der Waals surface area contributed by atoms with Gasteiger partial charge in [-0.3, -0.25) is 4.98 Å². The third-order valence-corrected chi connectivity index (χ3v) is 3.79. The Bertz CT molecular complexity index is 572. The molecule has 2 aromatic rings. The molecule has 0 fully saturated rings. The van der Waals surface area contributed by atoms with Crippen molar-refractivity contribution in [2.45, 2.75) is 20.4 Å². The molecule has 0 aliphatic carbocycles. The quantitative estimate of drug-likeness (QED) is 0.785. The summed E-state index contributed by atoms with van der Waals surface area (Å²) in [6, 6.07) is 8.10. The van der Waals surface area contributed by atoms with Gasteiger partial charge in [0.05, 0.1) is 16.7 Å². The molecule has 19 heavy (non-hydrogen) atoms. The molecule has 100 valence electrons. The Morgan fingerprint density at radius 1 is 1.26 bits per heavy atom. The Kier molecular flexibility index (Phi) is 4.93. The summed E-state index contributed by atoms with van der Waals surface area (Å²) in [7, 11) is 0. The molecule has 2 heterocycles. The van der Waals surface area contributed by atoms with E-state index in [1.807, 2.05) is 37.4 Å². The van der Waals surface area contributed by atoms with E-state index in [4.69, 9.17) is 0 Å². The van der Waals surface area contributed by atoms with Gasteiger partial charge in [0.15, 0.2) is 0 Å². The van der Waals surface area contributed by atoms with E-state index in [9.17, 15) is 0 Å². The van der Waals surface area contributed by atoms with Crippen LogP contribution in [0.1, 0.15) is 18.3 Å². The molecule has 0 amide bonds. The van der Waals surface area contributed by atoms with Gasteiger partial charge in [0.25, 0.3) is 0 Å². The molecule has 0 atom stereocenters. The zero-order valence-electron chi connectivity index (χ0n) is 10.9.